The molecule has 0 saturated heterocycles. The molecule has 0 bridgehead atoms. The van der Waals surface area contributed by atoms with Crippen LogP contribution in [0.5, 0.6) is 0 Å². The van der Waals surface area contributed by atoms with E-state index in [0.717, 1.165) is 0 Å². The molecule has 0 spiro atoms. The second-order valence-electron chi connectivity index (χ2n) is 5.26. The second-order valence-corrected chi connectivity index (χ2v) is 7.52. The van der Waals surface area contributed by atoms with Crippen LogP contribution < -0.4 is 0 Å². The maximum absolute atomic E-state index is 13.6. The van der Waals surface area contributed by atoms with Crippen molar-refractivity contribution in [2.75, 3.05) is 25.1 Å². The lowest BCUT2D eigenvalue weighted by Crippen LogP contribution is -2.38. The molecule has 0 fully saturated rings. The van der Waals surface area contributed by atoms with Crippen LogP contribution in [0.4, 0.5) is 4.39 Å². The summed E-state index contributed by atoms with van der Waals surface area (Å²) in [4.78, 5) is 1.83. The van der Waals surface area contributed by atoms with Gasteiger partial charge in [-0.15, -0.1) is 0 Å². The van der Waals surface area contributed by atoms with Crippen LogP contribution in [-0.4, -0.2) is 49.6 Å². The summed E-state index contributed by atoms with van der Waals surface area (Å²) in [5.74, 6) is -0.429. The molecule has 1 aromatic carbocycles. The van der Waals surface area contributed by atoms with Gasteiger partial charge in [-0.3, -0.25) is 4.90 Å². The molecule has 0 amide bonds. The number of aliphatic hydroxyl groups excluding tert-OH is 1. The van der Waals surface area contributed by atoms with Crippen molar-refractivity contribution in [3.63, 3.8) is 0 Å². The largest absolute Gasteiger partial charge is 0.387 e. The van der Waals surface area contributed by atoms with E-state index in [2.05, 4.69) is 0 Å². The zero-order valence-electron chi connectivity index (χ0n) is 12.1. The van der Waals surface area contributed by atoms with Crippen molar-refractivity contribution in [2.24, 2.45) is 0 Å². The summed E-state index contributed by atoms with van der Waals surface area (Å²) in [6.07, 6.45) is 0.205. The van der Waals surface area contributed by atoms with Gasteiger partial charge < -0.3 is 5.11 Å². The Morgan fingerprint density at radius 1 is 1.30 bits per heavy atom. The molecule has 0 aromatic heterocycles. The van der Waals surface area contributed by atoms with Crippen LogP contribution >= 0.6 is 0 Å². The summed E-state index contributed by atoms with van der Waals surface area (Å²) in [6, 6.07) is 6.13. The van der Waals surface area contributed by atoms with Gasteiger partial charge in [-0.2, -0.15) is 0 Å². The molecule has 20 heavy (non-hydrogen) atoms. The number of rotatable bonds is 7. The predicted molar refractivity (Wildman–Crippen MR) is 77.8 cm³/mol. The molecular formula is C14H22FNO3S. The smallest absolute Gasteiger partial charge is 0.148 e. The Bertz CT molecular complexity index is 531. The van der Waals surface area contributed by atoms with Gasteiger partial charge in [-0.25, -0.2) is 12.8 Å². The van der Waals surface area contributed by atoms with Gasteiger partial charge >= 0.3 is 0 Å². The third kappa shape index (κ3) is 5.56. The average molecular weight is 303 g/mol. The minimum Gasteiger partial charge on any atom is -0.387 e. The minimum atomic E-state index is -3.06. The zero-order valence-corrected chi connectivity index (χ0v) is 12.9. The van der Waals surface area contributed by atoms with E-state index >= 15 is 0 Å². The fourth-order valence-corrected chi connectivity index (χ4v) is 2.48. The van der Waals surface area contributed by atoms with Crippen LogP contribution in [0.3, 0.4) is 0 Å². The van der Waals surface area contributed by atoms with Crippen LogP contribution in [0.2, 0.25) is 0 Å². The predicted octanol–water partition coefficient (Wildman–Crippen LogP) is 1.61. The number of hydrogen-bond donors (Lipinski definition) is 1. The van der Waals surface area contributed by atoms with Crippen LogP contribution in [0.1, 0.15) is 25.5 Å². The Balaban J connectivity index is 2.73. The molecule has 0 radical (unpaired) electrons. The molecule has 0 aliphatic carbocycles. The van der Waals surface area contributed by atoms with E-state index < -0.39 is 21.8 Å². The van der Waals surface area contributed by atoms with Crippen molar-refractivity contribution in [3.8, 4) is 0 Å². The summed E-state index contributed by atoms with van der Waals surface area (Å²) in [5.41, 5.74) is 0.234. The van der Waals surface area contributed by atoms with E-state index in [-0.39, 0.29) is 23.9 Å². The highest BCUT2D eigenvalue weighted by molar-refractivity contribution is 7.90. The molecule has 1 rings (SSSR count). The molecule has 0 aliphatic rings. The number of sulfone groups is 1. The maximum Gasteiger partial charge on any atom is 0.148 e. The Morgan fingerprint density at radius 3 is 2.40 bits per heavy atom. The monoisotopic (exact) mass is 303 g/mol. The first-order chi connectivity index (χ1) is 9.20. The van der Waals surface area contributed by atoms with E-state index in [0.29, 0.717) is 6.54 Å². The quantitative estimate of drug-likeness (QED) is 0.831. The fraction of sp³-hybridized carbons (Fsp3) is 0.571. The van der Waals surface area contributed by atoms with E-state index in [1.54, 1.807) is 12.1 Å². The maximum atomic E-state index is 13.6. The van der Waals surface area contributed by atoms with E-state index in [1.165, 1.54) is 18.4 Å². The fourth-order valence-electron chi connectivity index (χ4n) is 1.91. The van der Waals surface area contributed by atoms with Gasteiger partial charge in [0.05, 0.1) is 11.9 Å². The number of hydrogen-bond acceptors (Lipinski definition) is 4. The van der Waals surface area contributed by atoms with Crippen LogP contribution in [0.15, 0.2) is 24.3 Å². The van der Waals surface area contributed by atoms with Gasteiger partial charge in [0.25, 0.3) is 0 Å². The summed E-state index contributed by atoms with van der Waals surface area (Å²) >= 11 is 0. The van der Waals surface area contributed by atoms with Gasteiger partial charge in [-0.1, -0.05) is 18.2 Å². The first-order valence-electron chi connectivity index (χ1n) is 6.55. The van der Waals surface area contributed by atoms with E-state index in [4.69, 9.17) is 0 Å². The van der Waals surface area contributed by atoms with Gasteiger partial charge in [0.1, 0.15) is 15.7 Å². The first-order valence-corrected chi connectivity index (χ1v) is 8.61. The van der Waals surface area contributed by atoms with Crippen LogP contribution in [0.25, 0.3) is 0 Å². The van der Waals surface area contributed by atoms with Crippen molar-refractivity contribution in [2.45, 2.75) is 26.0 Å². The van der Waals surface area contributed by atoms with E-state index in [9.17, 15) is 17.9 Å². The summed E-state index contributed by atoms with van der Waals surface area (Å²) in [5, 5.41) is 10.1. The summed E-state index contributed by atoms with van der Waals surface area (Å²) in [7, 11) is -3.06. The van der Waals surface area contributed by atoms with Gasteiger partial charge in [-0.05, 0) is 19.9 Å². The van der Waals surface area contributed by atoms with Gasteiger partial charge in [0.2, 0.25) is 0 Å². The third-order valence-corrected chi connectivity index (χ3v) is 4.08. The molecule has 114 valence electrons. The Hall–Kier alpha value is -0.980. The average Bonchev–Trinajstić information content (AvgIpc) is 2.33. The Kier molecular flexibility index (Phi) is 6.10. The molecule has 0 saturated carbocycles. The molecular weight excluding hydrogens is 281 g/mol. The normalized spacial score (nSPS) is 13.9. The lowest BCUT2D eigenvalue weighted by molar-refractivity contribution is 0.0969. The van der Waals surface area contributed by atoms with Crippen LogP contribution in [0, 0.1) is 5.82 Å². The summed E-state index contributed by atoms with van der Waals surface area (Å²) in [6.45, 7) is 4.35. The molecule has 1 atom stereocenters. The van der Waals surface area contributed by atoms with Crippen LogP contribution in [-0.2, 0) is 9.84 Å². The first kappa shape index (κ1) is 17.1. The SMILES string of the molecule is CC(C)N(CCS(C)(=O)=O)CC(O)c1ccccc1F. The Labute approximate surface area is 120 Å². The zero-order chi connectivity index (χ0) is 15.3. The van der Waals surface area contributed by atoms with E-state index in [1.807, 2.05) is 18.7 Å². The highest BCUT2D eigenvalue weighted by Gasteiger charge is 2.19. The lowest BCUT2D eigenvalue weighted by atomic mass is 10.1. The topological polar surface area (TPSA) is 57.6 Å². The third-order valence-electron chi connectivity index (χ3n) is 3.15. The van der Waals surface area contributed by atoms with Crippen molar-refractivity contribution < 1.29 is 17.9 Å². The molecule has 1 unspecified atom stereocenters. The lowest BCUT2D eigenvalue weighted by Gasteiger charge is -2.28. The Morgan fingerprint density at radius 2 is 1.90 bits per heavy atom. The summed E-state index contributed by atoms with van der Waals surface area (Å²) < 4.78 is 36.0. The standard InChI is InChI=1S/C14H22FNO3S/c1-11(2)16(8-9-20(3,18)19)10-14(17)12-6-4-5-7-13(12)15/h4-7,11,14,17H,8-10H2,1-3H3. The second kappa shape index (κ2) is 7.15. The van der Waals surface area contributed by atoms with Gasteiger partial charge in [0, 0.05) is 31.0 Å². The van der Waals surface area contributed by atoms with Crippen molar-refractivity contribution in [3.05, 3.63) is 35.6 Å². The highest BCUT2D eigenvalue weighted by atomic mass is 32.2. The number of benzene rings is 1. The molecule has 1 aromatic rings. The number of aliphatic hydroxyl groups is 1. The van der Waals surface area contributed by atoms with Gasteiger partial charge in [0.15, 0.2) is 0 Å². The van der Waals surface area contributed by atoms with Crippen molar-refractivity contribution in [1.29, 1.82) is 0 Å². The highest BCUT2D eigenvalue weighted by Crippen LogP contribution is 2.18. The number of nitrogens with zero attached hydrogens (tertiary/aromatic N) is 1. The molecule has 4 nitrogen and oxygen atoms in total. The molecule has 0 aliphatic heterocycles. The molecule has 1 N–H and O–H groups in total. The van der Waals surface area contributed by atoms with Crippen molar-refractivity contribution >= 4 is 9.84 Å². The molecule has 6 heteroatoms. The van der Waals surface area contributed by atoms with Crippen molar-refractivity contribution in [1.82, 2.24) is 4.90 Å². The number of halogens is 1. The minimum absolute atomic E-state index is 0.0230. The molecule has 0 heterocycles.